The first kappa shape index (κ1) is 17.5. The van der Waals surface area contributed by atoms with Gasteiger partial charge < -0.3 is 16.0 Å². The molecule has 0 unspecified atom stereocenters. The van der Waals surface area contributed by atoms with Crippen LogP contribution in [-0.2, 0) is 0 Å². The van der Waals surface area contributed by atoms with Gasteiger partial charge in [-0.1, -0.05) is 6.07 Å². The molecule has 1 aliphatic heterocycles. The number of anilines is 1. The van der Waals surface area contributed by atoms with E-state index in [0.717, 1.165) is 13.1 Å². The molecule has 2 heterocycles. The van der Waals surface area contributed by atoms with Crippen molar-refractivity contribution in [3.05, 3.63) is 52.2 Å². The summed E-state index contributed by atoms with van der Waals surface area (Å²) in [4.78, 5) is 24.6. The minimum Gasteiger partial charge on any atom is -0.352 e. The van der Waals surface area contributed by atoms with Gasteiger partial charge >= 0.3 is 0 Å². The molecule has 1 aromatic carbocycles. The summed E-state index contributed by atoms with van der Waals surface area (Å²) in [5.74, 6) is 0.320. The van der Waals surface area contributed by atoms with Crippen LogP contribution in [0.1, 0.15) is 20.0 Å². The molecule has 0 radical (unpaired) electrons. The van der Waals surface area contributed by atoms with Crippen molar-refractivity contribution < 1.29 is 9.59 Å². The van der Waals surface area contributed by atoms with Crippen molar-refractivity contribution in [3.8, 4) is 0 Å². The van der Waals surface area contributed by atoms with E-state index < -0.39 is 0 Å². The van der Waals surface area contributed by atoms with Crippen molar-refractivity contribution in [2.75, 3.05) is 25.0 Å². The van der Waals surface area contributed by atoms with Gasteiger partial charge in [0.2, 0.25) is 0 Å². The molecular weight excluding hydrogens is 334 g/mol. The SMILES string of the molecule is Cl.O=C(NCC1CNC1)c1ccc(NC(=O)c2cccs2)cc1. The molecule has 3 N–H and O–H groups in total. The summed E-state index contributed by atoms with van der Waals surface area (Å²) in [5, 5.41) is 10.8. The van der Waals surface area contributed by atoms with Crippen LogP contribution in [0.2, 0.25) is 0 Å². The van der Waals surface area contributed by atoms with Crippen molar-refractivity contribution in [3.63, 3.8) is 0 Å². The molecular formula is C16H18ClN3O2S. The number of carbonyl (C=O) groups excluding carboxylic acids is 2. The monoisotopic (exact) mass is 351 g/mol. The summed E-state index contributed by atoms with van der Waals surface area (Å²) in [7, 11) is 0. The van der Waals surface area contributed by atoms with Crippen LogP contribution >= 0.6 is 23.7 Å². The molecule has 0 saturated carbocycles. The van der Waals surface area contributed by atoms with Gasteiger partial charge in [0.05, 0.1) is 4.88 Å². The Balaban J connectivity index is 0.00000192. The van der Waals surface area contributed by atoms with E-state index in [4.69, 9.17) is 0 Å². The number of rotatable bonds is 5. The van der Waals surface area contributed by atoms with Crippen molar-refractivity contribution in [2.24, 2.45) is 5.92 Å². The van der Waals surface area contributed by atoms with E-state index in [1.54, 1.807) is 30.3 Å². The minimum absolute atomic E-state index is 0. The zero-order valence-corrected chi connectivity index (χ0v) is 14.0. The van der Waals surface area contributed by atoms with Gasteiger partial charge in [-0.05, 0) is 35.7 Å². The maximum atomic E-state index is 12.0. The molecule has 23 heavy (non-hydrogen) atoms. The minimum atomic E-state index is -0.135. The first-order chi connectivity index (χ1) is 10.7. The highest BCUT2D eigenvalue weighted by Gasteiger charge is 2.17. The van der Waals surface area contributed by atoms with Crippen LogP contribution < -0.4 is 16.0 Å². The van der Waals surface area contributed by atoms with Gasteiger partial charge in [0.15, 0.2) is 0 Å². The summed E-state index contributed by atoms with van der Waals surface area (Å²) in [5.41, 5.74) is 1.28. The molecule has 0 atom stereocenters. The highest BCUT2D eigenvalue weighted by atomic mass is 35.5. The Bertz CT molecular complexity index is 654. The normalized spacial score (nSPS) is 13.6. The largest absolute Gasteiger partial charge is 0.352 e. The number of amides is 2. The fourth-order valence-corrected chi connectivity index (χ4v) is 2.76. The molecule has 0 aliphatic carbocycles. The molecule has 0 spiro atoms. The molecule has 1 aliphatic rings. The van der Waals surface area contributed by atoms with E-state index in [0.29, 0.717) is 28.6 Å². The Kier molecular flexibility index (Phi) is 6.15. The Morgan fingerprint density at radius 1 is 1.13 bits per heavy atom. The lowest BCUT2D eigenvalue weighted by molar-refractivity contribution is 0.0941. The third kappa shape index (κ3) is 4.54. The van der Waals surface area contributed by atoms with Gasteiger partial charge in [0, 0.05) is 36.8 Å². The van der Waals surface area contributed by atoms with E-state index >= 15 is 0 Å². The van der Waals surface area contributed by atoms with E-state index in [9.17, 15) is 9.59 Å². The van der Waals surface area contributed by atoms with Gasteiger partial charge in [-0.2, -0.15) is 0 Å². The molecule has 7 heteroatoms. The maximum absolute atomic E-state index is 12.0. The Morgan fingerprint density at radius 2 is 1.87 bits per heavy atom. The Hall–Kier alpha value is -1.89. The zero-order valence-electron chi connectivity index (χ0n) is 12.4. The van der Waals surface area contributed by atoms with Crippen LogP contribution in [0.4, 0.5) is 5.69 Å². The van der Waals surface area contributed by atoms with Crippen LogP contribution in [-0.4, -0.2) is 31.4 Å². The maximum Gasteiger partial charge on any atom is 0.265 e. The topological polar surface area (TPSA) is 70.2 Å². The average Bonchev–Trinajstić information content (AvgIpc) is 3.00. The van der Waals surface area contributed by atoms with Gasteiger partial charge in [0.25, 0.3) is 11.8 Å². The summed E-state index contributed by atoms with van der Waals surface area (Å²) in [6, 6.07) is 10.5. The molecule has 1 fully saturated rings. The Labute approximate surface area is 144 Å². The van der Waals surface area contributed by atoms with Crippen LogP contribution in [0.3, 0.4) is 0 Å². The predicted octanol–water partition coefficient (Wildman–Crippen LogP) is 2.37. The van der Waals surface area contributed by atoms with E-state index in [-0.39, 0.29) is 24.2 Å². The molecule has 1 aromatic heterocycles. The molecule has 3 rings (SSSR count). The summed E-state index contributed by atoms with van der Waals surface area (Å²) in [6.45, 7) is 2.63. The van der Waals surface area contributed by atoms with Crippen LogP contribution in [0.5, 0.6) is 0 Å². The highest BCUT2D eigenvalue weighted by molar-refractivity contribution is 7.12. The quantitative estimate of drug-likeness (QED) is 0.774. The molecule has 5 nitrogen and oxygen atoms in total. The van der Waals surface area contributed by atoms with Gasteiger partial charge in [-0.15, -0.1) is 23.7 Å². The summed E-state index contributed by atoms with van der Waals surface area (Å²) < 4.78 is 0. The molecule has 2 aromatic rings. The van der Waals surface area contributed by atoms with Gasteiger partial charge in [-0.3, -0.25) is 9.59 Å². The van der Waals surface area contributed by atoms with Crippen molar-refractivity contribution in [1.29, 1.82) is 0 Å². The lowest BCUT2D eigenvalue weighted by atomic mass is 10.0. The predicted molar refractivity (Wildman–Crippen MR) is 94.7 cm³/mol. The fraction of sp³-hybridized carbons (Fsp3) is 0.250. The molecule has 2 amide bonds. The summed E-state index contributed by atoms with van der Waals surface area (Å²) >= 11 is 1.39. The number of carbonyl (C=O) groups is 2. The zero-order chi connectivity index (χ0) is 15.4. The average molecular weight is 352 g/mol. The molecule has 122 valence electrons. The first-order valence-corrected chi connectivity index (χ1v) is 8.04. The van der Waals surface area contributed by atoms with E-state index in [1.807, 2.05) is 11.4 Å². The van der Waals surface area contributed by atoms with Crippen molar-refractivity contribution in [1.82, 2.24) is 10.6 Å². The van der Waals surface area contributed by atoms with Crippen molar-refractivity contribution in [2.45, 2.75) is 0 Å². The third-order valence-electron chi connectivity index (χ3n) is 3.57. The summed E-state index contributed by atoms with van der Waals surface area (Å²) in [6.07, 6.45) is 0. The van der Waals surface area contributed by atoms with Gasteiger partial charge in [0.1, 0.15) is 0 Å². The number of hydrogen-bond acceptors (Lipinski definition) is 4. The lowest BCUT2D eigenvalue weighted by Crippen LogP contribution is -2.48. The number of thiophene rings is 1. The number of nitrogens with one attached hydrogen (secondary N) is 3. The second-order valence-electron chi connectivity index (χ2n) is 5.24. The van der Waals surface area contributed by atoms with Crippen LogP contribution in [0, 0.1) is 5.92 Å². The Morgan fingerprint density at radius 3 is 2.43 bits per heavy atom. The number of halogens is 1. The third-order valence-corrected chi connectivity index (χ3v) is 4.44. The molecule has 1 saturated heterocycles. The van der Waals surface area contributed by atoms with E-state index in [2.05, 4.69) is 16.0 Å². The highest BCUT2D eigenvalue weighted by Crippen LogP contribution is 2.14. The number of hydrogen-bond donors (Lipinski definition) is 3. The standard InChI is InChI=1S/C16H17N3O2S.ClH/c20-15(18-10-11-8-17-9-11)12-3-5-13(6-4-12)19-16(21)14-2-1-7-22-14;/h1-7,11,17H,8-10H2,(H,18,20)(H,19,21);1H. The second-order valence-corrected chi connectivity index (χ2v) is 6.19. The second kappa shape index (κ2) is 8.10. The van der Waals surface area contributed by atoms with Crippen LogP contribution in [0.15, 0.2) is 41.8 Å². The smallest absolute Gasteiger partial charge is 0.265 e. The van der Waals surface area contributed by atoms with Gasteiger partial charge in [-0.25, -0.2) is 0 Å². The van der Waals surface area contributed by atoms with E-state index in [1.165, 1.54) is 11.3 Å². The number of benzene rings is 1. The first-order valence-electron chi connectivity index (χ1n) is 7.16. The van der Waals surface area contributed by atoms with Crippen LogP contribution in [0.25, 0.3) is 0 Å². The fourth-order valence-electron chi connectivity index (χ4n) is 2.14. The van der Waals surface area contributed by atoms with Crippen molar-refractivity contribution >= 4 is 41.2 Å². The lowest BCUT2D eigenvalue weighted by Gasteiger charge is -2.27. The molecule has 0 bridgehead atoms.